The molecule has 7 nitrogen and oxygen atoms in total. The topological polar surface area (TPSA) is 91.8 Å². The van der Waals surface area contributed by atoms with Crippen molar-refractivity contribution in [2.75, 3.05) is 10.7 Å². The number of carbonyl (C=O) groups is 2. The van der Waals surface area contributed by atoms with Crippen molar-refractivity contribution in [3.05, 3.63) is 96.6 Å². The molecule has 0 aliphatic carbocycles. The number of H-pyrrole nitrogens is 1. The Hall–Kier alpha value is -4.39. The summed E-state index contributed by atoms with van der Waals surface area (Å²) in [7, 11) is 0. The van der Waals surface area contributed by atoms with Crippen molar-refractivity contribution in [2.45, 2.75) is 0 Å². The molecule has 3 aromatic carbocycles. The molecule has 0 saturated heterocycles. The van der Waals surface area contributed by atoms with Crippen LogP contribution in [0, 0.1) is 0 Å². The minimum absolute atomic E-state index is 0.187. The van der Waals surface area contributed by atoms with Crippen LogP contribution in [0.1, 0.15) is 21.0 Å². The summed E-state index contributed by atoms with van der Waals surface area (Å²) >= 11 is 0. The highest BCUT2D eigenvalue weighted by Crippen LogP contribution is 2.30. The number of aromatic amines is 1. The van der Waals surface area contributed by atoms with Gasteiger partial charge in [0.2, 0.25) is 0 Å². The van der Waals surface area contributed by atoms with Crippen LogP contribution >= 0.6 is 0 Å². The van der Waals surface area contributed by atoms with Crippen LogP contribution in [0.3, 0.4) is 0 Å². The number of benzene rings is 3. The van der Waals surface area contributed by atoms with Gasteiger partial charge in [0.15, 0.2) is 5.82 Å². The highest BCUT2D eigenvalue weighted by atomic mass is 16.2. The van der Waals surface area contributed by atoms with Crippen LogP contribution in [0.2, 0.25) is 0 Å². The number of aromatic nitrogens is 3. The van der Waals surface area contributed by atoms with Crippen molar-refractivity contribution in [3.63, 3.8) is 0 Å². The standard InChI is InChI=1S/C23H17N5O2/c29-22(26-15-7-2-1-3-8-15)18-11-6-10-17-16-9-4-5-12-19(16)28(20(17)18)27-23(30)21-24-13-14-25-21/h1-14H,(H,24,25)(H,26,29)(H,27,30). The maximum Gasteiger partial charge on any atom is 0.305 e. The number of anilines is 1. The lowest BCUT2D eigenvalue weighted by molar-refractivity contribution is 0.0995. The van der Waals surface area contributed by atoms with Crippen molar-refractivity contribution in [3.8, 4) is 0 Å². The SMILES string of the molecule is O=C(Nn1c2ccccc2c2cccc(C(=O)Nc3ccccc3)c21)c1ncc[nH]1. The number of para-hydroxylation sites is 3. The van der Waals surface area contributed by atoms with Crippen LogP contribution in [-0.4, -0.2) is 26.5 Å². The fourth-order valence-corrected chi connectivity index (χ4v) is 3.58. The summed E-state index contributed by atoms with van der Waals surface area (Å²) in [6, 6.07) is 22.5. The summed E-state index contributed by atoms with van der Waals surface area (Å²) in [5.74, 6) is -0.476. The van der Waals surface area contributed by atoms with E-state index in [0.29, 0.717) is 16.8 Å². The van der Waals surface area contributed by atoms with E-state index in [0.717, 1.165) is 16.3 Å². The summed E-state index contributed by atoms with van der Waals surface area (Å²) in [6.07, 6.45) is 3.10. The maximum atomic E-state index is 13.1. The second kappa shape index (κ2) is 7.21. The molecule has 30 heavy (non-hydrogen) atoms. The highest BCUT2D eigenvalue weighted by Gasteiger charge is 2.20. The minimum Gasteiger partial charge on any atom is -0.340 e. The van der Waals surface area contributed by atoms with Crippen LogP contribution in [-0.2, 0) is 0 Å². The number of hydrogen-bond donors (Lipinski definition) is 3. The Kier molecular flexibility index (Phi) is 4.25. The van der Waals surface area contributed by atoms with Gasteiger partial charge in [-0.25, -0.2) is 4.98 Å². The van der Waals surface area contributed by atoms with Gasteiger partial charge in [-0.2, -0.15) is 0 Å². The molecule has 5 rings (SSSR count). The van der Waals surface area contributed by atoms with Gasteiger partial charge in [0.25, 0.3) is 5.91 Å². The van der Waals surface area contributed by atoms with Gasteiger partial charge < -0.3 is 10.3 Å². The Labute approximate surface area is 171 Å². The second-order valence-corrected chi connectivity index (χ2v) is 6.75. The first-order chi connectivity index (χ1) is 14.7. The van der Waals surface area contributed by atoms with Gasteiger partial charge in [-0.1, -0.05) is 48.5 Å². The molecule has 0 bridgehead atoms. The smallest absolute Gasteiger partial charge is 0.305 e. The number of imidazole rings is 1. The van der Waals surface area contributed by atoms with E-state index in [-0.39, 0.29) is 11.7 Å². The quantitative estimate of drug-likeness (QED) is 0.427. The van der Waals surface area contributed by atoms with Crippen molar-refractivity contribution in [1.29, 1.82) is 0 Å². The van der Waals surface area contributed by atoms with Crippen molar-refractivity contribution in [2.24, 2.45) is 0 Å². The fraction of sp³-hybridized carbons (Fsp3) is 0. The van der Waals surface area contributed by atoms with Gasteiger partial charge in [0, 0.05) is 28.9 Å². The zero-order valence-corrected chi connectivity index (χ0v) is 15.8. The molecule has 3 N–H and O–H groups in total. The molecule has 0 unspecified atom stereocenters. The van der Waals surface area contributed by atoms with Crippen molar-refractivity contribution < 1.29 is 9.59 Å². The lowest BCUT2D eigenvalue weighted by atomic mass is 10.1. The third kappa shape index (κ3) is 2.98. The van der Waals surface area contributed by atoms with Gasteiger partial charge in [-0.15, -0.1) is 0 Å². The van der Waals surface area contributed by atoms with Crippen LogP contribution in [0.4, 0.5) is 5.69 Å². The van der Waals surface area contributed by atoms with Gasteiger partial charge >= 0.3 is 5.91 Å². The highest BCUT2D eigenvalue weighted by molar-refractivity contribution is 6.19. The Balaban J connectivity index is 1.67. The van der Waals surface area contributed by atoms with Crippen LogP contribution in [0.25, 0.3) is 21.8 Å². The molecule has 7 heteroatoms. The molecule has 0 radical (unpaired) electrons. The van der Waals surface area contributed by atoms with Gasteiger partial charge in [0.1, 0.15) is 0 Å². The Morgan fingerprint density at radius 2 is 1.60 bits per heavy atom. The Bertz CT molecular complexity index is 1370. The van der Waals surface area contributed by atoms with E-state index < -0.39 is 5.91 Å². The number of rotatable bonds is 4. The summed E-state index contributed by atoms with van der Waals surface area (Å²) in [6.45, 7) is 0. The lowest BCUT2D eigenvalue weighted by Crippen LogP contribution is -2.25. The Morgan fingerprint density at radius 3 is 2.40 bits per heavy atom. The van der Waals surface area contributed by atoms with Crippen LogP contribution < -0.4 is 10.7 Å². The molecule has 0 fully saturated rings. The fourth-order valence-electron chi connectivity index (χ4n) is 3.58. The van der Waals surface area contributed by atoms with E-state index in [1.807, 2.05) is 66.7 Å². The van der Waals surface area contributed by atoms with E-state index in [1.54, 1.807) is 16.9 Å². The van der Waals surface area contributed by atoms with E-state index >= 15 is 0 Å². The summed E-state index contributed by atoms with van der Waals surface area (Å²) in [5, 5.41) is 4.72. The van der Waals surface area contributed by atoms with E-state index in [4.69, 9.17) is 0 Å². The molecule has 0 aliphatic heterocycles. The maximum absolute atomic E-state index is 13.1. The molecule has 0 spiro atoms. The molecule has 2 heterocycles. The van der Waals surface area contributed by atoms with Gasteiger partial charge in [0.05, 0.1) is 16.6 Å². The zero-order valence-electron chi connectivity index (χ0n) is 15.8. The normalized spacial score (nSPS) is 10.9. The first kappa shape index (κ1) is 17.7. The van der Waals surface area contributed by atoms with Crippen LogP contribution in [0.5, 0.6) is 0 Å². The molecular weight excluding hydrogens is 378 g/mol. The first-order valence-corrected chi connectivity index (χ1v) is 9.41. The van der Waals surface area contributed by atoms with Crippen molar-refractivity contribution >= 4 is 39.3 Å². The third-order valence-electron chi connectivity index (χ3n) is 4.90. The average molecular weight is 395 g/mol. The summed E-state index contributed by atoms with van der Waals surface area (Å²) < 4.78 is 1.65. The molecule has 146 valence electrons. The van der Waals surface area contributed by atoms with Gasteiger partial charge in [-0.3, -0.25) is 19.7 Å². The van der Waals surface area contributed by atoms with E-state index in [2.05, 4.69) is 20.7 Å². The average Bonchev–Trinajstić information content (AvgIpc) is 3.42. The third-order valence-corrected chi connectivity index (χ3v) is 4.90. The predicted octanol–water partition coefficient (Wildman–Crippen LogP) is 4.15. The molecule has 2 aromatic heterocycles. The zero-order chi connectivity index (χ0) is 20.5. The summed E-state index contributed by atoms with van der Waals surface area (Å²) in [5.41, 5.74) is 5.42. The monoisotopic (exact) mass is 395 g/mol. The second-order valence-electron chi connectivity index (χ2n) is 6.75. The predicted molar refractivity (Wildman–Crippen MR) is 116 cm³/mol. The van der Waals surface area contributed by atoms with E-state index in [9.17, 15) is 9.59 Å². The lowest BCUT2D eigenvalue weighted by Gasteiger charge is -2.12. The molecule has 2 amide bonds. The number of nitrogens with one attached hydrogen (secondary N) is 3. The molecule has 0 aliphatic rings. The minimum atomic E-state index is -0.402. The van der Waals surface area contributed by atoms with E-state index in [1.165, 1.54) is 6.20 Å². The molecule has 5 aromatic rings. The summed E-state index contributed by atoms with van der Waals surface area (Å²) in [4.78, 5) is 32.6. The largest absolute Gasteiger partial charge is 0.340 e. The molecular formula is C23H17N5O2. The number of amides is 2. The number of fused-ring (bicyclic) bond motifs is 3. The first-order valence-electron chi connectivity index (χ1n) is 9.41. The van der Waals surface area contributed by atoms with Gasteiger partial charge in [-0.05, 0) is 24.3 Å². The number of nitrogens with zero attached hydrogens (tertiary/aromatic N) is 2. The Morgan fingerprint density at radius 1 is 0.833 bits per heavy atom. The van der Waals surface area contributed by atoms with Crippen LogP contribution in [0.15, 0.2) is 85.2 Å². The molecule has 0 atom stereocenters. The number of hydrogen-bond acceptors (Lipinski definition) is 3. The molecule has 0 saturated carbocycles. The number of carbonyl (C=O) groups excluding carboxylic acids is 2. The van der Waals surface area contributed by atoms with Crippen molar-refractivity contribution in [1.82, 2.24) is 14.6 Å².